The fourth-order valence-electron chi connectivity index (χ4n) is 1.45. The van der Waals surface area contributed by atoms with E-state index in [1.807, 2.05) is 38.4 Å². The molecule has 0 N–H and O–H groups in total. The number of nitrogens with zero attached hydrogens (tertiary/aromatic N) is 1. The van der Waals surface area contributed by atoms with Gasteiger partial charge in [-0.1, -0.05) is 0 Å². The Bertz CT molecular complexity index is 418. The summed E-state index contributed by atoms with van der Waals surface area (Å²) < 4.78 is 7.34. The van der Waals surface area contributed by atoms with Gasteiger partial charge in [-0.3, -0.25) is 0 Å². The molecule has 0 spiro atoms. The molecule has 2 heterocycles. The molecule has 0 aromatic carbocycles. The number of aryl methyl sites for hydroxylation is 2. The summed E-state index contributed by atoms with van der Waals surface area (Å²) >= 11 is 0. The van der Waals surface area contributed by atoms with Crippen LogP contribution in [0.25, 0.3) is 11.3 Å². The Morgan fingerprint density at radius 1 is 1.23 bits per heavy atom. The van der Waals surface area contributed by atoms with E-state index in [1.165, 1.54) is 5.69 Å². The lowest BCUT2D eigenvalue weighted by Crippen LogP contribution is -2.29. The van der Waals surface area contributed by atoms with Crippen LogP contribution in [0.1, 0.15) is 5.76 Å². The highest BCUT2D eigenvalue weighted by molar-refractivity contribution is 5.57. The van der Waals surface area contributed by atoms with Crippen LogP contribution in [0.15, 0.2) is 41.1 Å². The molecule has 0 saturated heterocycles. The van der Waals surface area contributed by atoms with Crippen molar-refractivity contribution >= 4 is 0 Å². The van der Waals surface area contributed by atoms with Crippen molar-refractivity contribution in [3.05, 3.63) is 42.5 Å². The van der Waals surface area contributed by atoms with Gasteiger partial charge in [0.15, 0.2) is 6.20 Å². The summed E-state index contributed by atoms with van der Waals surface area (Å²) in [5, 5.41) is 0. The highest BCUT2D eigenvalue weighted by Gasteiger charge is 2.12. The summed E-state index contributed by atoms with van der Waals surface area (Å²) in [7, 11) is 2.03. The van der Waals surface area contributed by atoms with E-state index in [9.17, 15) is 0 Å². The lowest BCUT2D eigenvalue weighted by Gasteiger charge is -1.96. The minimum atomic E-state index is 0.960. The predicted molar refractivity (Wildman–Crippen MR) is 50.1 cm³/mol. The van der Waals surface area contributed by atoms with Gasteiger partial charge >= 0.3 is 0 Å². The van der Waals surface area contributed by atoms with Crippen LogP contribution in [0.2, 0.25) is 0 Å². The number of aromatic nitrogens is 1. The second kappa shape index (κ2) is 3.05. The van der Waals surface area contributed by atoms with Crippen molar-refractivity contribution in [2.75, 3.05) is 0 Å². The van der Waals surface area contributed by atoms with Gasteiger partial charge in [-0.2, -0.15) is 0 Å². The van der Waals surface area contributed by atoms with Gasteiger partial charge in [0, 0.05) is 12.1 Å². The number of hydrogen-bond acceptors (Lipinski definition) is 1. The maximum absolute atomic E-state index is 5.26. The van der Waals surface area contributed by atoms with Crippen molar-refractivity contribution in [1.29, 1.82) is 0 Å². The lowest BCUT2D eigenvalue weighted by molar-refractivity contribution is -0.660. The molecule has 0 bridgehead atoms. The minimum absolute atomic E-state index is 0.960. The van der Waals surface area contributed by atoms with Crippen molar-refractivity contribution in [1.82, 2.24) is 0 Å². The average molecular weight is 174 g/mol. The van der Waals surface area contributed by atoms with Crippen LogP contribution in [0.5, 0.6) is 0 Å². The fourth-order valence-corrected chi connectivity index (χ4v) is 1.45. The molecular weight excluding hydrogens is 162 g/mol. The largest absolute Gasteiger partial charge is 0.469 e. The number of hydrogen-bond donors (Lipinski definition) is 0. The zero-order valence-electron chi connectivity index (χ0n) is 7.82. The molecule has 0 amide bonds. The summed E-state index contributed by atoms with van der Waals surface area (Å²) in [5.74, 6) is 0.960. The van der Waals surface area contributed by atoms with E-state index < -0.39 is 0 Å². The van der Waals surface area contributed by atoms with Crippen LogP contribution in [0.4, 0.5) is 0 Å². The van der Waals surface area contributed by atoms with E-state index in [-0.39, 0.29) is 0 Å². The second-order valence-electron chi connectivity index (χ2n) is 3.09. The monoisotopic (exact) mass is 174 g/mol. The van der Waals surface area contributed by atoms with Crippen molar-refractivity contribution in [2.45, 2.75) is 6.92 Å². The van der Waals surface area contributed by atoms with Crippen LogP contribution in [0, 0.1) is 6.92 Å². The number of rotatable bonds is 1. The molecule has 2 heteroatoms. The smallest absolute Gasteiger partial charge is 0.215 e. The quantitative estimate of drug-likeness (QED) is 0.605. The molecule has 66 valence electrons. The van der Waals surface area contributed by atoms with Crippen LogP contribution in [0.3, 0.4) is 0 Å². The van der Waals surface area contributed by atoms with Crippen molar-refractivity contribution in [2.24, 2.45) is 7.05 Å². The third kappa shape index (κ3) is 1.35. The van der Waals surface area contributed by atoms with Crippen LogP contribution in [-0.4, -0.2) is 0 Å². The first-order valence-electron chi connectivity index (χ1n) is 4.28. The number of pyridine rings is 1. The topological polar surface area (TPSA) is 17.0 Å². The van der Waals surface area contributed by atoms with Crippen molar-refractivity contribution < 1.29 is 8.98 Å². The molecule has 2 rings (SSSR count). The molecule has 0 aliphatic rings. The first-order chi connectivity index (χ1) is 6.29. The Balaban J connectivity index is 2.59. The van der Waals surface area contributed by atoms with Gasteiger partial charge in [0.05, 0.1) is 11.8 Å². The Kier molecular flexibility index (Phi) is 1.89. The molecule has 0 aliphatic carbocycles. The zero-order chi connectivity index (χ0) is 9.26. The first kappa shape index (κ1) is 8.05. The molecule has 0 radical (unpaired) electrons. The lowest BCUT2D eigenvalue weighted by atomic mass is 10.1. The summed E-state index contributed by atoms with van der Waals surface area (Å²) in [5.41, 5.74) is 2.33. The highest BCUT2D eigenvalue weighted by atomic mass is 16.3. The Labute approximate surface area is 77.4 Å². The maximum Gasteiger partial charge on any atom is 0.215 e. The Morgan fingerprint density at radius 3 is 2.69 bits per heavy atom. The fraction of sp³-hybridized carbons (Fsp3) is 0.182. The van der Waals surface area contributed by atoms with E-state index in [0.29, 0.717) is 0 Å². The zero-order valence-corrected chi connectivity index (χ0v) is 7.82. The van der Waals surface area contributed by atoms with Crippen LogP contribution < -0.4 is 4.57 Å². The average Bonchev–Trinajstić information content (AvgIpc) is 2.52. The van der Waals surface area contributed by atoms with Gasteiger partial charge in [-0.05, 0) is 19.1 Å². The van der Waals surface area contributed by atoms with Gasteiger partial charge in [-0.15, -0.1) is 0 Å². The molecular formula is C11H12NO+. The first-order valence-corrected chi connectivity index (χ1v) is 4.28. The summed E-state index contributed by atoms with van der Waals surface area (Å²) in [6.45, 7) is 1.97. The molecule has 2 aromatic heterocycles. The SMILES string of the molecule is Cc1occc1-c1cccc[n+]1C. The van der Waals surface area contributed by atoms with Crippen molar-refractivity contribution in [3.8, 4) is 11.3 Å². The maximum atomic E-state index is 5.26. The normalized spacial score (nSPS) is 10.3. The van der Waals surface area contributed by atoms with E-state index in [0.717, 1.165) is 11.3 Å². The molecule has 0 atom stereocenters. The Morgan fingerprint density at radius 2 is 2.08 bits per heavy atom. The van der Waals surface area contributed by atoms with Crippen LogP contribution >= 0.6 is 0 Å². The molecule has 13 heavy (non-hydrogen) atoms. The Hall–Kier alpha value is -1.57. The molecule has 2 nitrogen and oxygen atoms in total. The third-order valence-electron chi connectivity index (χ3n) is 2.19. The van der Waals surface area contributed by atoms with Crippen LogP contribution in [-0.2, 0) is 7.05 Å². The van der Waals surface area contributed by atoms with Gasteiger partial charge < -0.3 is 4.42 Å². The standard InChI is InChI=1S/C11H12NO/c1-9-10(6-8-13-9)11-5-3-4-7-12(11)2/h3-8H,1-2H3/q+1. The van der Waals surface area contributed by atoms with E-state index in [4.69, 9.17) is 4.42 Å². The molecule has 0 fully saturated rings. The van der Waals surface area contributed by atoms with Crippen molar-refractivity contribution in [3.63, 3.8) is 0 Å². The van der Waals surface area contributed by atoms with E-state index in [1.54, 1.807) is 6.26 Å². The molecule has 0 unspecified atom stereocenters. The van der Waals surface area contributed by atoms with E-state index >= 15 is 0 Å². The van der Waals surface area contributed by atoms with Gasteiger partial charge in [-0.25, -0.2) is 4.57 Å². The highest BCUT2D eigenvalue weighted by Crippen LogP contribution is 2.19. The molecule has 0 saturated carbocycles. The molecule has 2 aromatic rings. The predicted octanol–water partition coefficient (Wildman–Crippen LogP) is 2.08. The minimum Gasteiger partial charge on any atom is -0.469 e. The summed E-state index contributed by atoms with van der Waals surface area (Å²) in [6, 6.07) is 8.11. The summed E-state index contributed by atoms with van der Waals surface area (Å²) in [4.78, 5) is 0. The van der Waals surface area contributed by atoms with Gasteiger partial charge in [0.25, 0.3) is 0 Å². The number of furan rings is 1. The second-order valence-corrected chi connectivity index (χ2v) is 3.09. The van der Waals surface area contributed by atoms with E-state index in [2.05, 4.69) is 10.6 Å². The third-order valence-corrected chi connectivity index (χ3v) is 2.19. The van der Waals surface area contributed by atoms with Gasteiger partial charge in [0.2, 0.25) is 5.69 Å². The molecule has 0 aliphatic heterocycles. The van der Waals surface area contributed by atoms with Gasteiger partial charge in [0.1, 0.15) is 12.8 Å². The summed E-state index contributed by atoms with van der Waals surface area (Å²) in [6.07, 6.45) is 3.75.